The van der Waals surface area contributed by atoms with E-state index in [2.05, 4.69) is 41.5 Å². The highest BCUT2D eigenvalue weighted by Gasteiger charge is 2.49. The molecule has 4 nitrogen and oxygen atoms in total. The first-order valence-electron chi connectivity index (χ1n) is 12.4. The van der Waals surface area contributed by atoms with Crippen LogP contribution in [-0.2, 0) is 24.4 Å². The van der Waals surface area contributed by atoms with Crippen molar-refractivity contribution in [3.05, 3.63) is 0 Å². The second-order valence-corrected chi connectivity index (χ2v) is 15.4. The fourth-order valence-corrected chi connectivity index (χ4v) is 11.0. The molecule has 0 unspecified atom stereocenters. The molecule has 3 rings (SSSR count). The lowest BCUT2D eigenvalue weighted by Gasteiger charge is -2.42. The van der Waals surface area contributed by atoms with Crippen molar-refractivity contribution in [2.75, 3.05) is 5.75 Å². The summed E-state index contributed by atoms with van der Waals surface area (Å²) in [6.07, 6.45) is 7.99. The minimum Gasteiger partial charge on any atom is -0.304 e. The van der Waals surface area contributed by atoms with Gasteiger partial charge < -0.3 is 9.05 Å². The molecular formula is C24H45O4PS. The maximum Gasteiger partial charge on any atom is 0.346 e. The molecule has 3 fully saturated rings. The second-order valence-electron chi connectivity index (χ2n) is 11.2. The Balaban J connectivity index is 1.87. The van der Waals surface area contributed by atoms with Crippen LogP contribution < -0.4 is 0 Å². The molecule has 3 aliphatic rings. The van der Waals surface area contributed by atoms with E-state index in [4.69, 9.17) is 9.05 Å². The van der Waals surface area contributed by atoms with Crippen LogP contribution in [0.4, 0.5) is 0 Å². The van der Waals surface area contributed by atoms with E-state index in [0.29, 0.717) is 47.7 Å². The van der Waals surface area contributed by atoms with Gasteiger partial charge in [-0.2, -0.15) is 0 Å². The van der Waals surface area contributed by atoms with Crippen LogP contribution in [0.25, 0.3) is 0 Å². The van der Waals surface area contributed by atoms with Gasteiger partial charge in [0.1, 0.15) is 4.99 Å². The molecule has 0 amide bonds. The Bertz CT molecular complexity index is 599. The maximum atomic E-state index is 14.5. The average Bonchev–Trinajstić information content (AvgIpc) is 3.08. The standard InChI is InChI=1S/C24H45O4PS/c1-16(2)20-11-9-18(5)14-22(20)27-29(25,24-8-7-13-30(24)26)28-23-15-19(6)10-12-21(23)17(3)4/h16-24H,7-15H2,1-6H3/t18-,19-,20+,21+,22-,23-,24+,30-/m1/s1. The summed E-state index contributed by atoms with van der Waals surface area (Å²) >= 11 is 0. The zero-order valence-corrected chi connectivity index (χ0v) is 21.8. The molecule has 2 aliphatic carbocycles. The van der Waals surface area contributed by atoms with Crippen molar-refractivity contribution >= 4 is 18.4 Å². The lowest BCUT2D eigenvalue weighted by Crippen LogP contribution is -2.38. The SMILES string of the molecule is CC(C)[C@@H]1CC[C@@H](C)C[C@H]1OP(=O)(O[C@@H]1C[C@H](C)CC[C@H]1C(C)C)[C@@H]1CCC[S@]1=O. The fraction of sp³-hybridized carbons (Fsp3) is 1.00. The van der Waals surface area contributed by atoms with Crippen molar-refractivity contribution in [1.82, 2.24) is 0 Å². The maximum absolute atomic E-state index is 14.5. The van der Waals surface area contributed by atoms with Crippen LogP contribution in [0.2, 0.25) is 0 Å². The molecule has 0 aromatic heterocycles. The first kappa shape index (κ1) is 24.9. The molecule has 0 radical (unpaired) electrons. The van der Waals surface area contributed by atoms with Gasteiger partial charge in [0, 0.05) is 16.6 Å². The van der Waals surface area contributed by atoms with Crippen LogP contribution >= 0.6 is 7.60 Å². The zero-order valence-electron chi connectivity index (χ0n) is 20.0. The van der Waals surface area contributed by atoms with E-state index in [-0.39, 0.29) is 12.2 Å². The van der Waals surface area contributed by atoms with Gasteiger partial charge in [0.05, 0.1) is 12.2 Å². The van der Waals surface area contributed by atoms with Crippen molar-refractivity contribution < 1.29 is 17.8 Å². The highest BCUT2D eigenvalue weighted by molar-refractivity contribution is 7.93. The monoisotopic (exact) mass is 460 g/mol. The van der Waals surface area contributed by atoms with E-state index in [1.54, 1.807) is 0 Å². The van der Waals surface area contributed by atoms with Crippen molar-refractivity contribution in [2.45, 2.75) is 110 Å². The minimum absolute atomic E-state index is 0.0457. The summed E-state index contributed by atoms with van der Waals surface area (Å²) in [4.78, 5) is -0.437. The van der Waals surface area contributed by atoms with Crippen LogP contribution in [0.5, 0.6) is 0 Å². The lowest BCUT2D eigenvalue weighted by molar-refractivity contribution is -0.00419. The third kappa shape index (κ3) is 5.80. The third-order valence-corrected chi connectivity index (χ3v) is 13.0. The molecule has 176 valence electrons. The van der Waals surface area contributed by atoms with E-state index >= 15 is 0 Å². The summed E-state index contributed by atoms with van der Waals surface area (Å²) in [5.41, 5.74) is 0. The number of hydrogen-bond donors (Lipinski definition) is 0. The van der Waals surface area contributed by atoms with Gasteiger partial charge in [0.25, 0.3) is 0 Å². The third-order valence-electron chi connectivity index (χ3n) is 7.94. The number of rotatable bonds is 7. The predicted octanol–water partition coefficient (Wildman–Crippen LogP) is 7.00. The van der Waals surface area contributed by atoms with Gasteiger partial charge in [-0.25, -0.2) is 0 Å². The van der Waals surface area contributed by atoms with Gasteiger partial charge in [-0.15, -0.1) is 0 Å². The molecule has 6 heteroatoms. The minimum atomic E-state index is -3.47. The fourth-order valence-electron chi connectivity index (χ4n) is 5.98. The molecule has 0 bridgehead atoms. The van der Waals surface area contributed by atoms with E-state index in [0.717, 1.165) is 32.1 Å². The van der Waals surface area contributed by atoms with Crippen molar-refractivity contribution in [3.8, 4) is 0 Å². The molecule has 30 heavy (non-hydrogen) atoms. The summed E-state index contributed by atoms with van der Waals surface area (Å²) in [6.45, 7) is 13.5. The van der Waals surface area contributed by atoms with Crippen LogP contribution in [0.1, 0.15) is 92.9 Å². The molecule has 0 spiro atoms. The summed E-state index contributed by atoms with van der Waals surface area (Å²) in [6, 6.07) is 0. The van der Waals surface area contributed by atoms with Gasteiger partial charge in [0.2, 0.25) is 0 Å². The molecule has 0 aromatic carbocycles. The van der Waals surface area contributed by atoms with Crippen molar-refractivity contribution in [1.29, 1.82) is 0 Å². The molecular weight excluding hydrogens is 415 g/mol. The van der Waals surface area contributed by atoms with E-state index in [1.165, 1.54) is 12.8 Å². The average molecular weight is 461 g/mol. The van der Waals surface area contributed by atoms with Crippen molar-refractivity contribution in [2.24, 2.45) is 35.5 Å². The van der Waals surface area contributed by atoms with Gasteiger partial charge in [0.15, 0.2) is 0 Å². The Kier molecular flexibility index (Phi) is 8.72. The second kappa shape index (κ2) is 10.5. The Morgan fingerprint density at radius 3 is 1.63 bits per heavy atom. The van der Waals surface area contributed by atoms with E-state index < -0.39 is 23.4 Å². The lowest BCUT2D eigenvalue weighted by atomic mass is 9.75. The first-order valence-corrected chi connectivity index (χ1v) is 15.4. The quantitative estimate of drug-likeness (QED) is 0.384. The van der Waals surface area contributed by atoms with Crippen molar-refractivity contribution in [3.63, 3.8) is 0 Å². The summed E-state index contributed by atoms with van der Waals surface area (Å²) in [5.74, 6) is 3.56. The van der Waals surface area contributed by atoms with Gasteiger partial charge >= 0.3 is 7.60 Å². The molecule has 1 heterocycles. The number of hydrogen-bond acceptors (Lipinski definition) is 4. The summed E-state index contributed by atoms with van der Waals surface area (Å²) in [7, 11) is -4.58. The summed E-state index contributed by atoms with van der Waals surface area (Å²) < 4.78 is 40.5. The Morgan fingerprint density at radius 1 is 0.800 bits per heavy atom. The molecule has 1 saturated heterocycles. The van der Waals surface area contributed by atoms with Gasteiger partial charge in [-0.05, 0) is 74.0 Å². The van der Waals surface area contributed by atoms with Gasteiger partial charge in [-0.3, -0.25) is 8.77 Å². The molecule has 1 aliphatic heterocycles. The van der Waals surface area contributed by atoms with Gasteiger partial charge in [-0.1, -0.05) is 54.4 Å². The predicted molar refractivity (Wildman–Crippen MR) is 126 cm³/mol. The molecule has 0 aromatic rings. The first-order chi connectivity index (χ1) is 14.1. The smallest absolute Gasteiger partial charge is 0.304 e. The molecule has 0 N–H and O–H groups in total. The Hall–Kier alpha value is 0.300. The Labute approximate surface area is 187 Å². The van der Waals surface area contributed by atoms with Crippen LogP contribution in [0.3, 0.4) is 0 Å². The Morgan fingerprint density at radius 2 is 1.27 bits per heavy atom. The van der Waals surface area contributed by atoms with Crippen LogP contribution in [0, 0.1) is 35.5 Å². The highest BCUT2D eigenvalue weighted by atomic mass is 32.2. The molecule has 8 atom stereocenters. The topological polar surface area (TPSA) is 52.6 Å². The highest BCUT2D eigenvalue weighted by Crippen LogP contribution is 2.62. The van der Waals surface area contributed by atoms with E-state index in [9.17, 15) is 8.77 Å². The zero-order chi connectivity index (χ0) is 22.1. The molecule has 2 saturated carbocycles. The van der Waals surface area contributed by atoms with E-state index in [1.807, 2.05) is 0 Å². The van der Waals surface area contributed by atoms with Crippen LogP contribution in [-0.4, -0.2) is 27.2 Å². The summed E-state index contributed by atoms with van der Waals surface area (Å²) in [5, 5.41) is 0. The largest absolute Gasteiger partial charge is 0.346 e. The normalized spacial score (nSPS) is 40.9. The van der Waals surface area contributed by atoms with Crippen LogP contribution in [0.15, 0.2) is 0 Å².